The second-order valence-corrected chi connectivity index (χ2v) is 7.04. The predicted octanol–water partition coefficient (Wildman–Crippen LogP) is 2.33. The van der Waals surface area contributed by atoms with Crippen molar-refractivity contribution in [1.82, 2.24) is 4.90 Å². The first kappa shape index (κ1) is 15.5. The van der Waals surface area contributed by atoms with Crippen LogP contribution in [0, 0.1) is 0 Å². The molecule has 0 bridgehead atoms. The molecule has 1 saturated heterocycles. The molecular formula is C16H21NO4S. The minimum absolute atomic E-state index is 0.0756. The van der Waals surface area contributed by atoms with Crippen molar-refractivity contribution >= 4 is 23.2 Å². The van der Waals surface area contributed by atoms with E-state index in [1.807, 2.05) is 6.07 Å². The smallest absolute Gasteiger partial charge is 0.328 e. The molecule has 1 amide bonds. The van der Waals surface area contributed by atoms with Crippen LogP contribution in [0.15, 0.2) is 6.07 Å². The van der Waals surface area contributed by atoms with Gasteiger partial charge >= 0.3 is 5.97 Å². The minimum Gasteiger partial charge on any atom is -0.480 e. The van der Waals surface area contributed by atoms with Crippen molar-refractivity contribution in [2.75, 3.05) is 19.8 Å². The molecule has 0 aromatic carbocycles. The topological polar surface area (TPSA) is 66.8 Å². The van der Waals surface area contributed by atoms with E-state index in [1.165, 1.54) is 41.0 Å². The first-order valence-electron chi connectivity index (χ1n) is 7.90. The summed E-state index contributed by atoms with van der Waals surface area (Å²) in [6.45, 7) is 0.825. The van der Waals surface area contributed by atoms with Crippen molar-refractivity contribution in [3.63, 3.8) is 0 Å². The molecule has 0 radical (unpaired) electrons. The number of carboxylic acid groups (broad SMARTS) is 1. The Morgan fingerprint density at radius 2 is 2.00 bits per heavy atom. The number of hydrogen-bond donors (Lipinski definition) is 1. The first-order chi connectivity index (χ1) is 10.7. The number of carboxylic acids is 1. The van der Waals surface area contributed by atoms with Crippen molar-refractivity contribution in [2.24, 2.45) is 0 Å². The summed E-state index contributed by atoms with van der Waals surface area (Å²) >= 11 is 1.55. The molecule has 1 aromatic rings. The molecule has 1 aromatic heterocycles. The van der Waals surface area contributed by atoms with Crippen molar-refractivity contribution in [1.29, 1.82) is 0 Å². The molecule has 1 atom stereocenters. The molecule has 1 fully saturated rings. The van der Waals surface area contributed by atoms with Crippen LogP contribution in [0.25, 0.3) is 0 Å². The van der Waals surface area contributed by atoms with Crippen LogP contribution in [0.1, 0.15) is 45.8 Å². The lowest BCUT2D eigenvalue weighted by molar-refractivity contribution is -0.147. The highest BCUT2D eigenvalue weighted by molar-refractivity contribution is 7.14. The highest BCUT2D eigenvalue weighted by atomic mass is 32.1. The highest BCUT2D eigenvalue weighted by Crippen LogP contribution is 2.29. The van der Waals surface area contributed by atoms with E-state index in [9.17, 15) is 14.7 Å². The van der Waals surface area contributed by atoms with Crippen LogP contribution in [-0.2, 0) is 22.4 Å². The van der Waals surface area contributed by atoms with Crippen LogP contribution >= 0.6 is 11.3 Å². The van der Waals surface area contributed by atoms with Gasteiger partial charge in [-0.2, -0.15) is 0 Å². The van der Waals surface area contributed by atoms with E-state index in [2.05, 4.69) is 0 Å². The number of thiophene rings is 1. The van der Waals surface area contributed by atoms with Gasteiger partial charge in [-0.25, -0.2) is 4.79 Å². The molecule has 2 aliphatic rings. The van der Waals surface area contributed by atoms with Crippen molar-refractivity contribution in [3.05, 3.63) is 21.4 Å². The predicted molar refractivity (Wildman–Crippen MR) is 83.5 cm³/mol. The number of nitrogens with zero attached hydrogens (tertiary/aromatic N) is 1. The molecule has 1 aliphatic heterocycles. The van der Waals surface area contributed by atoms with Gasteiger partial charge in [-0.15, -0.1) is 11.3 Å². The summed E-state index contributed by atoms with van der Waals surface area (Å²) in [6.07, 6.45) is 6.93. The maximum atomic E-state index is 12.7. The van der Waals surface area contributed by atoms with Gasteiger partial charge in [-0.1, -0.05) is 12.8 Å². The van der Waals surface area contributed by atoms with Gasteiger partial charge in [0, 0.05) is 11.4 Å². The molecule has 1 aliphatic carbocycles. The number of morpholine rings is 1. The van der Waals surface area contributed by atoms with Crippen LogP contribution in [0.2, 0.25) is 0 Å². The Morgan fingerprint density at radius 1 is 1.23 bits per heavy atom. The lowest BCUT2D eigenvalue weighted by atomic mass is 9.99. The highest BCUT2D eigenvalue weighted by Gasteiger charge is 2.34. The average Bonchev–Trinajstić information content (AvgIpc) is 2.88. The summed E-state index contributed by atoms with van der Waals surface area (Å²) in [4.78, 5) is 27.5. The normalized spacial score (nSPS) is 22.5. The Labute approximate surface area is 133 Å². The van der Waals surface area contributed by atoms with Crippen LogP contribution < -0.4 is 0 Å². The second kappa shape index (κ2) is 6.79. The molecule has 0 saturated carbocycles. The molecule has 1 N–H and O–H groups in total. The number of hydrogen-bond acceptors (Lipinski definition) is 4. The van der Waals surface area contributed by atoms with E-state index in [0.29, 0.717) is 18.0 Å². The quantitative estimate of drug-likeness (QED) is 0.907. The lowest BCUT2D eigenvalue weighted by Gasteiger charge is -2.32. The molecule has 3 rings (SSSR count). The van der Waals surface area contributed by atoms with Crippen molar-refractivity contribution < 1.29 is 19.4 Å². The van der Waals surface area contributed by atoms with Crippen LogP contribution in [0.4, 0.5) is 0 Å². The number of amides is 1. The SMILES string of the molecule is O=C(O)C1COCCN1C(=O)c1cc2c(s1)CCCCCC2. The Morgan fingerprint density at radius 3 is 2.77 bits per heavy atom. The summed E-state index contributed by atoms with van der Waals surface area (Å²) in [5.41, 5.74) is 1.29. The largest absolute Gasteiger partial charge is 0.480 e. The third-order valence-corrected chi connectivity index (χ3v) is 5.61. The Kier molecular flexibility index (Phi) is 4.78. The van der Waals surface area contributed by atoms with E-state index < -0.39 is 12.0 Å². The number of fused-ring (bicyclic) bond motifs is 1. The maximum absolute atomic E-state index is 12.7. The summed E-state index contributed by atoms with van der Waals surface area (Å²) in [6, 6.07) is 1.12. The van der Waals surface area contributed by atoms with Crippen LogP contribution in [0.3, 0.4) is 0 Å². The number of aryl methyl sites for hydroxylation is 2. The van der Waals surface area contributed by atoms with Gasteiger partial charge in [0.15, 0.2) is 6.04 Å². The number of rotatable bonds is 2. The number of carbonyl (C=O) groups excluding carboxylic acids is 1. The first-order valence-corrected chi connectivity index (χ1v) is 8.71. The zero-order valence-electron chi connectivity index (χ0n) is 12.5. The molecule has 120 valence electrons. The van der Waals surface area contributed by atoms with Crippen LogP contribution in [-0.4, -0.2) is 47.7 Å². The average molecular weight is 323 g/mol. The van der Waals surface area contributed by atoms with E-state index in [0.717, 1.165) is 12.8 Å². The Bertz CT molecular complexity index is 543. The van der Waals surface area contributed by atoms with Gasteiger partial charge < -0.3 is 14.7 Å². The Hall–Kier alpha value is -1.40. The second-order valence-electron chi connectivity index (χ2n) is 5.90. The fourth-order valence-corrected chi connectivity index (χ4v) is 4.35. The summed E-state index contributed by atoms with van der Waals surface area (Å²) < 4.78 is 5.20. The van der Waals surface area contributed by atoms with Gasteiger partial charge in [0.25, 0.3) is 5.91 Å². The standard InChI is InChI=1S/C16H21NO4S/c18-15(17-7-8-21-10-12(17)16(19)20)14-9-11-5-3-1-2-4-6-13(11)22-14/h9,12H,1-8,10H2,(H,19,20). The lowest BCUT2D eigenvalue weighted by Crippen LogP contribution is -2.52. The molecule has 2 heterocycles. The summed E-state index contributed by atoms with van der Waals surface area (Å²) in [5.74, 6) is -1.16. The third kappa shape index (κ3) is 3.17. The van der Waals surface area contributed by atoms with E-state index in [4.69, 9.17) is 4.74 Å². The van der Waals surface area contributed by atoms with E-state index >= 15 is 0 Å². The van der Waals surface area contributed by atoms with Crippen molar-refractivity contribution in [2.45, 2.75) is 44.6 Å². The van der Waals surface area contributed by atoms with Crippen molar-refractivity contribution in [3.8, 4) is 0 Å². The van der Waals surface area contributed by atoms with Crippen LogP contribution in [0.5, 0.6) is 0 Å². The van der Waals surface area contributed by atoms with Gasteiger partial charge in [0.1, 0.15) is 0 Å². The van der Waals surface area contributed by atoms with Gasteiger partial charge in [0.2, 0.25) is 0 Å². The van der Waals surface area contributed by atoms with E-state index in [-0.39, 0.29) is 12.5 Å². The molecule has 1 unspecified atom stereocenters. The number of carbonyl (C=O) groups is 2. The van der Waals surface area contributed by atoms with Gasteiger partial charge in [0.05, 0.1) is 18.1 Å². The molecule has 6 heteroatoms. The van der Waals surface area contributed by atoms with Gasteiger partial charge in [-0.05, 0) is 37.3 Å². The molecule has 0 spiro atoms. The minimum atomic E-state index is -0.997. The zero-order valence-corrected chi connectivity index (χ0v) is 13.4. The maximum Gasteiger partial charge on any atom is 0.328 e. The van der Waals surface area contributed by atoms with Gasteiger partial charge in [-0.3, -0.25) is 4.79 Å². The number of aliphatic carboxylic acids is 1. The fourth-order valence-electron chi connectivity index (χ4n) is 3.14. The molecular weight excluding hydrogens is 302 g/mol. The number of ether oxygens (including phenoxy) is 1. The Balaban J connectivity index is 1.82. The fraction of sp³-hybridized carbons (Fsp3) is 0.625. The summed E-state index contributed by atoms with van der Waals surface area (Å²) in [5, 5.41) is 9.27. The van der Waals surface area contributed by atoms with E-state index in [1.54, 1.807) is 11.3 Å². The molecule has 5 nitrogen and oxygen atoms in total. The monoisotopic (exact) mass is 323 g/mol. The zero-order chi connectivity index (χ0) is 15.5. The molecule has 22 heavy (non-hydrogen) atoms. The third-order valence-electron chi connectivity index (χ3n) is 4.38. The summed E-state index contributed by atoms with van der Waals surface area (Å²) in [7, 11) is 0.